The highest BCUT2D eigenvalue weighted by molar-refractivity contribution is 5.68. The van der Waals surface area contributed by atoms with Gasteiger partial charge in [0.25, 0.3) is 0 Å². The number of hydrogen-bond acceptors (Lipinski definition) is 5. The summed E-state index contributed by atoms with van der Waals surface area (Å²) in [5.74, 6) is 0.727. The summed E-state index contributed by atoms with van der Waals surface area (Å²) in [4.78, 5) is 0. The lowest BCUT2D eigenvalue weighted by Gasteiger charge is -2.14. The third-order valence-corrected chi connectivity index (χ3v) is 5.38. The minimum absolute atomic E-state index is 0.0319. The van der Waals surface area contributed by atoms with Crippen LogP contribution in [-0.2, 0) is 19.8 Å². The van der Waals surface area contributed by atoms with Crippen molar-refractivity contribution < 1.29 is 25.2 Å². The molecule has 0 aromatic heterocycles. The zero-order valence-corrected chi connectivity index (χ0v) is 17.4. The smallest absolute Gasteiger partial charge is 0.127 e. The zero-order valence-electron chi connectivity index (χ0n) is 17.4. The second kappa shape index (κ2) is 9.56. The zero-order chi connectivity index (χ0) is 22.5. The van der Waals surface area contributed by atoms with Gasteiger partial charge in [0.2, 0.25) is 0 Å². The Morgan fingerprint density at radius 2 is 1.16 bits per heavy atom. The molecule has 0 saturated carbocycles. The molecule has 4 rings (SSSR count). The van der Waals surface area contributed by atoms with Crippen molar-refractivity contribution in [2.45, 2.75) is 19.8 Å². The molecule has 5 nitrogen and oxygen atoms in total. The number of benzene rings is 4. The monoisotopic (exact) mass is 428 g/mol. The fourth-order valence-corrected chi connectivity index (χ4v) is 3.58. The predicted molar refractivity (Wildman–Crippen MR) is 123 cm³/mol. The molecule has 0 saturated heterocycles. The fraction of sp³-hybridized carbons (Fsp3) is 0.111. The van der Waals surface area contributed by atoms with Crippen LogP contribution in [0.2, 0.25) is 0 Å². The molecular weight excluding hydrogens is 404 g/mol. The molecule has 4 aromatic carbocycles. The van der Waals surface area contributed by atoms with E-state index < -0.39 is 0 Å². The van der Waals surface area contributed by atoms with E-state index in [9.17, 15) is 20.4 Å². The first kappa shape index (κ1) is 21.4. The topological polar surface area (TPSA) is 90.2 Å². The Labute approximate surface area is 186 Å². The summed E-state index contributed by atoms with van der Waals surface area (Å²) in [5, 5.41) is 39.3. The quantitative estimate of drug-likeness (QED) is 0.333. The molecule has 0 spiro atoms. The molecule has 0 aliphatic rings. The number of rotatable bonds is 7. The van der Waals surface area contributed by atoms with Crippen molar-refractivity contribution in [1.82, 2.24) is 0 Å². The minimum Gasteiger partial charge on any atom is -0.508 e. The highest BCUT2D eigenvalue weighted by Gasteiger charge is 2.12. The van der Waals surface area contributed by atoms with Gasteiger partial charge in [-0.2, -0.15) is 0 Å². The third-order valence-electron chi connectivity index (χ3n) is 5.38. The van der Waals surface area contributed by atoms with Crippen molar-refractivity contribution in [2.75, 3.05) is 0 Å². The molecular formula is C27H24O5. The molecule has 0 aliphatic carbocycles. The highest BCUT2D eigenvalue weighted by atomic mass is 16.5. The molecule has 0 amide bonds. The lowest BCUT2D eigenvalue weighted by atomic mass is 9.99. The fourth-order valence-electron chi connectivity index (χ4n) is 3.58. The molecule has 0 heterocycles. The van der Waals surface area contributed by atoms with Crippen LogP contribution in [-0.4, -0.2) is 20.4 Å². The summed E-state index contributed by atoms with van der Waals surface area (Å²) in [6.07, 6.45) is 0. The maximum atomic E-state index is 10.5. The highest BCUT2D eigenvalue weighted by Crippen LogP contribution is 2.32. The van der Waals surface area contributed by atoms with Gasteiger partial charge in [-0.3, -0.25) is 0 Å². The average molecular weight is 428 g/mol. The Hall–Kier alpha value is -3.80. The van der Waals surface area contributed by atoms with Gasteiger partial charge in [0.15, 0.2) is 0 Å². The minimum atomic E-state index is -0.267. The van der Waals surface area contributed by atoms with Crippen molar-refractivity contribution in [2.24, 2.45) is 0 Å². The van der Waals surface area contributed by atoms with Crippen LogP contribution in [0.4, 0.5) is 0 Å². The Balaban J connectivity index is 1.53. The van der Waals surface area contributed by atoms with Crippen LogP contribution in [0.5, 0.6) is 17.2 Å². The first-order valence-electron chi connectivity index (χ1n) is 10.3. The number of aromatic hydroxyl groups is 2. The summed E-state index contributed by atoms with van der Waals surface area (Å²) in [6.45, 7) is -0.356. The van der Waals surface area contributed by atoms with Gasteiger partial charge in [0.05, 0.1) is 13.2 Å². The molecule has 0 aliphatic heterocycles. The van der Waals surface area contributed by atoms with Gasteiger partial charge in [-0.05, 0) is 58.7 Å². The van der Waals surface area contributed by atoms with E-state index in [4.69, 9.17) is 4.74 Å². The van der Waals surface area contributed by atoms with Crippen LogP contribution in [0.25, 0.3) is 22.3 Å². The Morgan fingerprint density at radius 3 is 1.84 bits per heavy atom. The van der Waals surface area contributed by atoms with Gasteiger partial charge in [-0.1, -0.05) is 48.5 Å². The van der Waals surface area contributed by atoms with Gasteiger partial charge in [-0.15, -0.1) is 0 Å². The molecule has 0 bridgehead atoms. The standard InChI is InChI=1S/C27H24O5/c28-15-22-12-20(8-11-26(22)30)19-6-9-25(10-7-19)32-17-24-14-21(13-23(16-29)27(24)31)18-4-2-1-3-5-18/h1-14,28-31H,15-17H2. The molecule has 0 fully saturated rings. The second-order valence-electron chi connectivity index (χ2n) is 7.48. The Kier molecular flexibility index (Phi) is 6.40. The van der Waals surface area contributed by atoms with E-state index in [0.717, 1.165) is 22.3 Å². The molecule has 4 aromatic rings. The maximum Gasteiger partial charge on any atom is 0.127 e. The van der Waals surface area contributed by atoms with Gasteiger partial charge < -0.3 is 25.2 Å². The molecule has 162 valence electrons. The van der Waals surface area contributed by atoms with E-state index >= 15 is 0 Å². The summed E-state index contributed by atoms with van der Waals surface area (Å²) < 4.78 is 5.90. The summed E-state index contributed by atoms with van der Waals surface area (Å²) in [7, 11) is 0. The van der Waals surface area contributed by atoms with E-state index in [1.54, 1.807) is 24.3 Å². The lowest BCUT2D eigenvalue weighted by molar-refractivity contribution is 0.270. The van der Waals surface area contributed by atoms with E-state index in [2.05, 4.69) is 0 Å². The first-order valence-corrected chi connectivity index (χ1v) is 10.3. The number of phenols is 2. The normalized spacial score (nSPS) is 10.8. The summed E-state index contributed by atoms with van der Waals surface area (Å²) in [6, 6.07) is 25.9. The van der Waals surface area contributed by atoms with Crippen molar-refractivity contribution in [3.8, 4) is 39.5 Å². The van der Waals surface area contributed by atoms with E-state index in [0.29, 0.717) is 22.4 Å². The van der Waals surface area contributed by atoms with Crippen LogP contribution in [0.3, 0.4) is 0 Å². The van der Waals surface area contributed by atoms with Crippen LogP contribution in [0.1, 0.15) is 16.7 Å². The van der Waals surface area contributed by atoms with E-state index in [1.807, 2.05) is 60.7 Å². The average Bonchev–Trinajstić information content (AvgIpc) is 2.84. The Bertz CT molecular complexity index is 1200. The van der Waals surface area contributed by atoms with Crippen LogP contribution in [0, 0.1) is 0 Å². The number of aliphatic hydroxyl groups excluding tert-OH is 2. The number of ether oxygens (including phenoxy) is 1. The van der Waals surface area contributed by atoms with Crippen LogP contribution in [0.15, 0.2) is 84.9 Å². The van der Waals surface area contributed by atoms with Gasteiger partial charge in [0.1, 0.15) is 23.9 Å². The molecule has 4 N–H and O–H groups in total. The number of hydrogen-bond donors (Lipinski definition) is 4. The predicted octanol–water partition coefficient (Wildman–Crippen LogP) is 5.00. The largest absolute Gasteiger partial charge is 0.508 e. The maximum absolute atomic E-state index is 10.5. The van der Waals surface area contributed by atoms with Crippen LogP contribution < -0.4 is 4.74 Å². The van der Waals surface area contributed by atoms with Crippen molar-refractivity contribution >= 4 is 0 Å². The van der Waals surface area contributed by atoms with Gasteiger partial charge >= 0.3 is 0 Å². The van der Waals surface area contributed by atoms with Gasteiger partial charge in [0, 0.05) is 16.7 Å². The number of aliphatic hydroxyl groups is 2. The van der Waals surface area contributed by atoms with Crippen molar-refractivity contribution in [3.63, 3.8) is 0 Å². The Morgan fingerprint density at radius 1 is 0.562 bits per heavy atom. The van der Waals surface area contributed by atoms with E-state index in [-0.39, 0.29) is 31.3 Å². The van der Waals surface area contributed by atoms with E-state index in [1.165, 1.54) is 0 Å². The van der Waals surface area contributed by atoms with Gasteiger partial charge in [-0.25, -0.2) is 0 Å². The third kappa shape index (κ3) is 4.59. The lowest BCUT2D eigenvalue weighted by Crippen LogP contribution is -1.99. The summed E-state index contributed by atoms with van der Waals surface area (Å²) >= 11 is 0. The summed E-state index contributed by atoms with van der Waals surface area (Å²) in [5.41, 5.74) is 5.19. The van der Waals surface area contributed by atoms with Crippen LogP contribution >= 0.6 is 0 Å². The van der Waals surface area contributed by atoms with Crippen molar-refractivity contribution in [1.29, 1.82) is 0 Å². The first-order chi connectivity index (χ1) is 15.6. The van der Waals surface area contributed by atoms with Crippen molar-refractivity contribution in [3.05, 3.63) is 102 Å². The molecule has 0 radical (unpaired) electrons. The molecule has 0 unspecified atom stereocenters. The molecule has 5 heteroatoms. The second-order valence-corrected chi connectivity index (χ2v) is 7.48. The molecule has 32 heavy (non-hydrogen) atoms. The SMILES string of the molecule is OCc1cc(-c2ccc(OCc3cc(-c4ccccc4)cc(CO)c3O)cc2)ccc1O. The molecule has 0 atom stereocenters.